The molecule has 1 aromatic heterocycles. The van der Waals surface area contributed by atoms with Gasteiger partial charge in [0.1, 0.15) is 5.54 Å². The topological polar surface area (TPSA) is 24.9 Å². The Bertz CT molecular complexity index is 1180. The minimum atomic E-state index is -4.46. The molecule has 3 rings (SSSR count). The molecule has 1 unspecified atom stereocenters. The van der Waals surface area contributed by atoms with Crippen LogP contribution in [0.1, 0.15) is 55.6 Å². The summed E-state index contributed by atoms with van der Waals surface area (Å²) >= 11 is 0. The monoisotopic (exact) mass is 492 g/mol. The van der Waals surface area contributed by atoms with Crippen LogP contribution in [0.25, 0.3) is 0 Å². The van der Waals surface area contributed by atoms with Gasteiger partial charge in [-0.05, 0) is 61.2 Å². The van der Waals surface area contributed by atoms with Crippen molar-refractivity contribution in [3.05, 3.63) is 137 Å². The zero-order valence-corrected chi connectivity index (χ0v) is 21.7. The second-order valence-electron chi connectivity index (χ2n) is 8.35. The van der Waals surface area contributed by atoms with Crippen molar-refractivity contribution in [3.8, 4) is 0 Å². The number of pyridine rings is 1. The Morgan fingerprint density at radius 1 is 0.972 bits per heavy atom. The third-order valence-electron chi connectivity index (χ3n) is 5.72. The van der Waals surface area contributed by atoms with Crippen LogP contribution in [0.3, 0.4) is 0 Å². The second kappa shape index (κ2) is 12.9. The summed E-state index contributed by atoms with van der Waals surface area (Å²) in [7, 11) is 0. The maximum atomic E-state index is 13.7. The SMILES string of the molecule is C=C(NC(Cc1ccccc1)(c1cccc(C(F)(F)F)c1)c1ccc(C)cn1)/C(C)=C/C=C\C.CC. The lowest BCUT2D eigenvalue weighted by atomic mass is 9.79. The molecule has 190 valence electrons. The van der Waals surface area contributed by atoms with Gasteiger partial charge in [-0.1, -0.05) is 87.2 Å². The quantitative estimate of drug-likeness (QED) is 0.319. The van der Waals surface area contributed by atoms with E-state index in [9.17, 15) is 13.2 Å². The van der Waals surface area contributed by atoms with Crippen molar-refractivity contribution in [2.24, 2.45) is 0 Å². The first-order valence-corrected chi connectivity index (χ1v) is 12.1. The summed E-state index contributed by atoms with van der Waals surface area (Å²) in [5.74, 6) is 0. The smallest absolute Gasteiger partial charge is 0.370 e. The number of hydrogen-bond donors (Lipinski definition) is 1. The van der Waals surface area contributed by atoms with Crippen LogP contribution in [-0.2, 0) is 18.1 Å². The summed E-state index contributed by atoms with van der Waals surface area (Å²) < 4.78 is 41.1. The molecule has 2 nitrogen and oxygen atoms in total. The minimum absolute atomic E-state index is 0.376. The maximum Gasteiger partial charge on any atom is 0.416 e. The molecule has 1 atom stereocenters. The highest BCUT2D eigenvalue weighted by atomic mass is 19.4. The maximum absolute atomic E-state index is 13.7. The van der Waals surface area contributed by atoms with Gasteiger partial charge in [0, 0.05) is 18.3 Å². The van der Waals surface area contributed by atoms with Crippen molar-refractivity contribution in [3.63, 3.8) is 0 Å². The van der Waals surface area contributed by atoms with Gasteiger partial charge in [0.15, 0.2) is 0 Å². The Morgan fingerprint density at radius 3 is 2.22 bits per heavy atom. The summed E-state index contributed by atoms with van der Waals surface area (Å²) in [5.41, 5.74) is 2.68. The highest BCUT2D eigenvalue weighted by molar-refractivity contribution is 5.44. The van der Waals surface area contributed by atoms with Gasteiger partial charge in [0.25, 0.3) is 0 Å². The second-order valence-corrected chi connectivity index (χ2v) is 8.35. The van der Waals surface area contributed by atoms with Crippen LogP contribution in [0.2, 0.25) is 0 Å². The van der Waals surface area contributed by atoms with E-state index in [0.717, 1.165) is 22.8 Å². The van der Waals surface area contributed by atoms with Gasteiger partial charge in [0.2, 0.25) is 0 Å². The molecule has 36 heavy (non-hydrogen) atoms. The first kappa shape index (κ1) is 28.6. The fourth-order valence-corrected chi connectivity index (χ4v) is 3.80. The van der Waals surface area contributed by atoms with Crippen LogP contribution >= 0.6 is 0 Å². The van der Waals surface area contributed by atoms with Gasteiger partial charge >= 0.3 is 6.18 Å². The fourth-order valence-electron chi connectivity index (χ4n) is 3.80. The van der Waals surface area contributed by atoms with Gasteiger partial charge < -0.3 is 5.32 Å². The van der Waals surface area contributed by atoms with Crippen molar-refractivity contribution in [1.82, 2.24) is 10.3 Å². The van der Waals surface area contributed by atoms with E-state index in [1.807, 2.05) is 95.3 Å². The molecule has 5 heteroatoms. The van der Waals surface area contributed by atoms with E-state index in [2.05, 4.69) is 16.9 Å². The Kier molecular flexibility index (Phi) is 10.3. The summed E-state index contributed by atoms with van der Waals surface area (Å²) in [5, 5.41) is 3.49. The fraction of sp³-hybridized carbons (Fsp3) is 0.258. The molecule has 1 N–H and O–H groups in total. The molecular weight excluding hydrogens is 457 g/mol. The van der Waals surface area contributed by atoms with E-state index >= 15 is 0 Å². The standard InChI is InChI=1S/C29H29F3N2.C2H6/c1-5-6-11-22(3)23(4)34-28(19-24-12-8-7-9-13-24,27-17-16-21(2)20-33-27)25-14-10-15-26(18-25)29(30,31)32;1-2/h5-18,20,34H,4,19H2,1-3H3;1-2H3/b6-5-,22-11+;. The Hall–Kier alpha value is -3.60. The predicted molar refractivity (Wildman–Crippen MR) is 144 cm³/mol. The molecule has 0 saturated heterocycles. The molecule has 0 radical (unpaired) electrons. The molecule has 0 spiro atoms. The average Bonchev–Trinajstić information content (AvgIpc) is 2.88. The van der Waals surface area contributed by atoms with Crippen LogP contribution in [0, 0.1) is 6.92 Å². The van der Waals surface area contributed by atoms with Crippen molar-refractivity contribution >= 4 is 0 Å². The predicted octanol–water partition coefficient (Wildman–Crippen LogP) is 8.55. The largest absolute Gasteiger partial charge is 0.416 e. The van der Waals surface area contributed by atoms with E-state index in [1.54, 1.807) is 12.3 Å². The van der Waals surface area contributed by atoms with Gasteiger partial charge in [-0.15, -0.1) is 0 Å². The number of nitrogens with zero attached hydrogens (tertiary/aromatic N) is 1. The van der Waals surface area contributed by atoms with Gasteiger partial charge in [0.05, 0.1) is 11.3 Å². The summed E-state index contributed by atoms with van der Waals surface area (Å²) in [6.45, 7) is 14.0. The lowest BCUT2D eigenvalue weighted by molar-refractivity contribution is -0.137. The number of allylic oxidation sites excluding steroid dienone is 4. The first-order valence-electron chi connectivity index (χ1n) is 12.1. The highest BCUT2D eigenvalue weighted by Crippen LogP contribution is 2.38. The van der Waals surface area contributed by atoms with E-state index in [4.69, 9.17) is 0 Å². The third-order valence-corrected chi connectivity index (χ3v) is 5.72. The number of benzene rings is 2. The van der Waals surface area contributed by atoms with Crippen LogP contribution in [0.5, 0.6) is 0 Å². The number of halogens is 3. The number of aromatic nitrogens is 1. The van der Waals surface area contributed by atoms with Crippen LogP contribution in [0.4, 0.5) is 13.2 Å². The van der Waals surface area contributed by atoms with Crippen molar-refractivity contribution in [2.75, 3.05) is 0 Å². The molecule has 0 aliphatic carbocycles. The zero-order chi connectivity index (χ0) is 26.8. The van der Waals surface area contributed by atoms with Crippen LogP contribution in [-0.4, -0.2) is 4.98 Å². The van der Waals surface area contributed by atoms with Gasteiger partial charge in [-0.3, -0.25) is 4.98 Å². The molecule has 2 aromatic carbocycles. The van der Waals surface area contributed by atoms with E-state index in [-0.39, 0.29) is 0 Å². The van der Waals surface area contributed by atoms with Crippen molar-refractivity contribution in [2.45, 2.75) is 52.8 Å². The Morgan fingerprint density at radius 2 is 1.64 bits per heavy atom. The number of hydrogen-bond acceptors (Lipinski definition) is 2. The van der Waals surface area contributed by atoms with E-state index in [1.165, 1.54) is 12.1 Å². The molecule has 0 aliphatic rings. The molecule has 3 aromatic rings. The minimum Gasteiger partial charge on any atom is -0.370 e. The molecule has 0 saturated carbocycles. The third kappa shape index (κ3) is 7.20. The van der Waals surface area contributed by atoms with Crippen molar-refractivity contribution in [1.29, 1.82) is 0 Å². The van der Waals surface area contributed by atoms with Gasteiger partial charge in [-0.2, -0.15) is 13.2 Å². The molecular formula is C31H35F3N2. The van der Waals surface area contributed by atoms with Crippen molar-refractivity contribution < 1.29 is 13.2 Å². The summed E-state index contributed by atoms with van der Waals surface area (Å²) in [6, 6.07) is 18.9. The molecule has 0 amide bonds. The lowest BCUT2D eigenvalue weighted by Crippen LogP contribution is -2.46. The van der Waals surface area contributed by atoms with E-state index in [0.29, 0.717) is 23.4 Å². The van der Waals surface area contributed by atoms with Gasteiger partial charge in [-0.25, -0.2) is 0 Å². The summed E-state index contributed by atoms with van der Waals surface area (Å²) in [6.07, 6.45) is 3.36. The first-order chi connectivity index (χ1) is 17.2. The highest BCUT2D eigenvalue weighted by Gasteiger charge is 2.39. The normalized spacial score (nSPS) is 13.5. The van der Waals surface area contributed by atoms with E-state index < -0.39 is 17.3 Å². The zero-order valence-electron chi connectivity index (χ0n) is 21.7. The number of alkyl halides is 3. The molecule has 0 bridgehead atoms. The Labute approximate surface area is 213 Å². The average molecular weight is 493 g/mol. The number of rotatable bonds is 8. The van der Waals surface area contributed by atoms with Crippen LogP contribution < -0.4 is 5.32 Å². The number of aryl methyl sites for hydroxylation is 1. The molecule has 1 heterocycles. The Balaban J connectivity index is 0.00000222. The van der Waals surface area contributed by atoms with Crippen LogP contribution in [0.15, 0.2) is 109 Å². The molecule has 0 fully saturated rings. The lowest BCUT2D eigenvalue weighted by Gasteiger charge is -2.37. The molecule has 0 aliphatic heterocycles. The number of nitrogens with one attached hydrogen (secondary N) is 1. The summed E-state index contributed by atoms with van der Waals surface area (Å²) in [4.78, 5) is 4.67.